The lowest BCUT2D eigenvalue weighted by Gasteiger charge is -2.28. The third-order valence-electron chi connectivity index (χ3n) is 6.86. The number of likely N-dealkylation sites (N-methyl/N-ethyl adjacent to an activating group) is 1. The smallest absolute Gasteiger partial charge is 0.300 e. The van der Waals surface area contributed by atoms with Crippen LogP contribution < -0.4 is 28.7 Å². The van der Waals surface area contributed by atoms with Crippen molar-refractivity contribution < 1.29 is 38.0 Å². The molecule has 0 saturated carbocycles. The van der Waals surface area contributed by atoms with Crippen LogP contribution in [0.25, 0.3) is 5.76 Å². The number of amides is 1. The zero-order chi connectivity index (χ0) is 27.8. The minimum absolute atomic E-state index is 0.147. The number of benzene rings is 3. The van der Waals surface area contributed by atoms with Gasteiger partial charge in [0.15, 0.2) is 11.5 Å². The molecule has 1 N–H and O–H groups in total. The van der Waals surface area contributed by atoms with Crippen LogP contribution in [0.1, 0.15) is 17.2 Å². The molecular weight excluding hydrogens is 507 g/mol. The average Bonchev–Trinajstić information content (AvgIpc) is 3.21. The molecule has 0 radical (unpaired) electrons. The fourth-order valence-electron chi connectivity index (χ4n) is 4.95. The number of carbonyl (C=O) groups is 2. The van der Waals surface area contributed by atoms with Gasteiger partial charge in [0.25, 0.3) is 11.7 Å². The molecule has 9 nitrogen and oxygen atoms in total. The van der Waals surface area contributed by atoms with Crippen LogP contribution in [0.15, 0.2) is 60.2 Å². The van der Waals surface area contributed by atoms with Gasteiger partial charge in [0, 0.05) is 18.3 Å². The van der Waals surface area contributed by atoms with E-state index < -0.39 is 23.5 Å². The van der Waals surface area contributed by atoms with E-state index in [-0.39, 0.29) is 28.5 Å². The van der Waals surface area contributed by atoms with Gasteiger partial charge in [-0.2, -0.15) is 0 Å². The number of methoxy groups -OCH3 is 3. The molecule has 5 rings (SSSR count). The van der Waals surface area contributed by atoms with Crippen LogP contribution in [0.3, 0.4) is 0 Å². The van der Waals surface area contributed by atoms with Crippen LogP contribution in [0.5, 0.6) is 23.0 Å². The van der Waals surface area contributed by atoms with Crippen molar-refractivity contribution in [2.75, 3.05) is 51.3 Å². The Morgan fingerprint density at radius 3 is 2.36 bits per heavy atom. The van der Waals surface area contributed by atoms with E-state index in [2.05, 4.69) is 0 Å². The Balaban J connectivity index is 1.76. The number of nitrogens with zero attached hydrogens (tertiary/aromatic N) is 2. The number of rotatable bonds is 6. The van der Waals surface area contributed by atoms with Crippen molar-refractivity contribution in [2.24, 2.45) is 0 Å². The highest BCUT2D eigenvalue weighted by molar-refractivity contribution is 6.51. The number of aliphatic hydroxyl groups is 1. The van der Waals surface area contributed by atoms with Gasteiger partial charge < -0.3 is 29.0 Å². The van der Waals surface area contributed by atoms with Gasteiger partial charge in [0.1, 0.15) is 23.9 Å². The molecule has 0 aliphatic carbocycles. The molecule has 0 aromatic heterocycles. The molecule has 1 saturated heterocycles. The van der Waals surface area contributed by atoms with Gasteiger partial charge in [-0.1, -0.05) is 6.07 Å². The van der Waals surface area contributed by atoms with E-state index in [0.717, 1.165) is 16.7 Å². The fourth-order valence-corrected chi connectivity index (χ4v) is 4.95. The van der Waals surface area contributed by atoms with Gasteiger partial charge in [-0.05, 0) is 54.1 Å². The minimum atomic E-state index is -1.13. The van der Waals surface area contributed by atoms with Crippen molar-refractivity contribution in [3.63, 3.8) is 0 Å². The highest BCUT2D eigenvalue weighted by atomic mass is 19.1. The zero-order valence-corrected chi connectivity index (χ0v) is 21.9. The maximum Gasteiger partial charge on any atom is 0.300 e. The average molecular weight is 535 g/mol. The lowest BCUT2D eigenvalue weighted by atomic mass is 9.94. The van der Waals surface area contributed by atoms with Crippen LogP contribution in [0.2, 0.25) is 0 Å². The second kappa shape index (κ2) is 10.2. The number of ether oxygens (including phenoxy) is 4. The summed E-state index contributed by atoms with van der Waals surface area (Å²) in [5, 5.41) is 11.6. The van der Waals surface area contributed by atoms with Gasteiger partial charge in [-0.15, -0.1) is 0 Å². The van der Waals surface area contributed by atoms with E-state index in [1.807, 2.05) is 11.9 Å². The Morgan fingerprint density at radius 2 is 1.72 bits per heavy atom. The predicted molar refractivity (Wildman–Crippen MR) is 142 cm³/mol. The maximum atomic E-state index is 14.3. The van der Waals surface area contributed by atoms with E-state index in [1.54, 1.807) is 30.3 Å². The van der Waals surface area contributed by atoms with Crippen LogP contribution in [0.4, 0.5) is 15.8 Å². The molecule has 2 aliphatic rings. The van der Waals surface area contributed by atoms with E-state index in [1.165, 1.54) is 39.5 Å². The summed E-state index contributed by atoms with van der Waals surface area (Å²) in [5.74, 6) is -1.29. The Kier molecular flexibility index (Phi) is 6.78. The van der Waals surface area contributed by atoms with Crippen molar-refractivity contribution >= 4 is 28.8 Å². The molecule has 10 heteroatoms. The summed E-state index contributed by atoms with van der Waals surface area (Å²) >= 11 is 0. The van der Waals surface area contributed by atoms with E-state index in [4.69, 9.17) is 18.9 Å². The summed E-state index contributed by atoms with van der Waals surface area (Å²) < 4.78 is 36.4. The summed E-state index contributed by atoms with van der Waals surface area (Å²) in [7, 11) is 6.23. The number of anilines is 2. The molecule has 202 valence electrons. The first-order valence-electron chi connectivity index (χ1n) is 12.1. The summed E-state index contributed by atoms with van der Waals surface area (Å²) in [6.07, 6.45) is 0. The fraction of sp³-hybridized carbons (Fsp3) is 0.241. The standard InChI is InChI=1S/C29H27FN2O7/c1-31-10-11-39-21-9-8-16(12-20(21)31)26(33)24-25(17-13-22(36-2)28(38-4)23(14-17)37-3)32(29(35)27(24)34)19-7-5-6-18(30)15-19/h5-9,12-15,25,33H,10-11H2,1-4H3/b26-24+. The quantitative estimate of drug-likeness (QED) is 0.284. The van der Waals surface area contributed by atoms with E-state index in [0.29, 0.717) is 35.8 Å². The number of fused-ring (bicyclic) bond motifs is 1. The van der Waals surface area contributed by atoms with Crippen molar-refractivity contribution in [3.8, 4) is 23.0 Å². The first-order valence-corrected chi connectivity index (χ1v) is 12.1. The monoisotopic (exact) mass is 534 g/mol. The molecule has 2 heterocycles. The zero-order valence-electron chi connectivity index (χ0n) is 21.9. The first-order chi connectivity index (χ1) is 18.8. The SMILES string of the molecule is COc1cc(C2/C(=C(\O)c3ccc4c(c3)N(C)CCO4)C(=O)C(=O)N2c2cccc(F)c2)cc(OC)c1OC. The molecule has 1 fully saturated rings. The number of hydrogen-bond acceptors (Lipinski definition) is 8. The normalized spacial score (nSPS) is 18.0. The number of aliphatic hydroxyl groups excluding tert-OH is 1. The van der Waals surface area contributed by atoms with E-state index >= 15 is 0 Å². The lowest BCUT2D eigenvalue weighted by Crippen LogP contribution is -2.29. The van der Waals surface area contributed by atoms with Crippen LogP contribution in [0, 0.1) is 5.82 Å². The molecule has 0 bridgehead atoms. The highest BCUT2D eigenvalue weighted by Gasteiger charge is 2.47. The van der Waals surface area contributed by atoms with Crippen LogP contribution >= 0.6 is 0 Å². The van der Waals surface area contributed by atoms with Gasteiger partial charge in [-0.3, -0.25) is 14.5 Å². The van der Waals surface area contributed by atoms with Crippen molar-refractivity contribution in [1.82, 2.24) is 0 Å². The number of hydrogen-bond donors (Lipinski definition) is 1. The van der Waals surface area contributed by atoms with E-state index in [9.17, 15) is 19.1 Å². The molecule has 0 spiro atoms. The number of halogens is 1. The Bertz CT molecular complexity index is 1480. The summed E-state index contributed by atoms with van der Waals surface area (Å²) in [6.45, 7) is 1.17. The molecule has 39 heavy (non-hydrogen) atoms. The van der Waals surface area contributed by atoms with Gasteiger partial charge in [0.05, 0.1) is 45.2 Å². The van der Waals surface area contributed by atoms with Crippen LogP contribution in [-0.4, -0.2) is 58.3 Å². The third kappa shape index (κ3) is 4.37. The Morgan fingerprint density at radius 1 is 1.00 bits per heavy atom. The van der Waals surface area contributed by atoms with Gasteiger partial charge in [-0.25, -0.2) is 4.39 Å². The largest absolute Gasteiger partial charge is 0.507 e. The third-order valence-corrected chi connectivity index (χ3v) is 6.86. The molecular formula is C29H27FN2O7. The summed E-state index contributed by atoms with van der Waals surface area (Å²) in [4.78, 5) is 30.1. The van der Waals surface area contributed by atoms with Gasteiger partial charge >= 0.3 is 0 Å². The number of carbonyl (C=O) groups excluding carboxylic acids is 2. The van der Waals surface area contributed by atoms with Gasteiger partial charge in [0.2, 0.25) is 5.75 Å². The number of Topliss-reactive ketones (excluding diaryl/α,β-unsaturated/α-hetero) is 1. The topological polar surface area (TPSA) is 97.8 Å². The van der Waals surface area contributed by atoms with Crippen LogP contribution in [-0.2, 0) is 9.59 Å². The summed E-state index contributed by atoms with van der Waals surface area (Å²) in [6, 6.07) is 12.4. The molecule has 1 unspecified atom stereocenters. The predicted octanol–water partition coefficient (Wildman–Crippen LogP) is 4.31. The molecule has 3 aromatic rings. The molecule has 3 aromatic carbocycles. The maximum absolute atomic E-state index is 14.3. The molecule has 1 atom stereocenters. The van der Waals surface area contributed by atoms with Crippen molar-refractivity contribution in [2.45, 2.75) is 6.04 Å². The van der Waals surface area contributed by atoms with Crippen molar-refractivity contribution in [3.05, 3.63) is 77.1 Å². The van der Waals surface area contributed by atoms with Crippen molar-refractivity contribution in [1.29, 1.82) is 0 Å². The minimum Gasteiger partial charge on any atom is -0.507 e. The second-order valence-electron chi connectivity index (χ2n) is 9.06. The molecule has 2 aliphatic heterocycles. The summed E-state index contributed by atoms with van der Waals surface area (Å²) in [5.41, 5.74) is 1.41. The lowest BCUT2D eigenvalue weighted by molar-refractivity contribution is -0.132. The highest BCUT2D eigenvalue weighted by Crippen LogP contribution is 2.47. The second-order valence-corrected chi connectivity index (χ2v) is 9.06. The number of ketones is 1. The first kappa shape index (κ1) is 25.9. The Hall–Kier alpha value is -4.73. The Labute approximate surface area is 224 Å². The molecule has 1 amide bonds.